The number of carbonyl (C=O) groups is 2. The maximum atomic E-state index is 13.6. The molecule has 4 aromatic heterocycles. The highest BCUT2D eigenvalue weighted by Gasteiger charge is 2.32. The van der Waals surface area contributed by atoms with Crippen LogP contribution in [0.5, 0.6) is 0 Å². The van der Waals surface area contributed by atoms with Crippen molar-refractivity contribution in [2.45, 2.75) is 64.5 Å². The molecular formula is C26H31F3N8O3S. The van der Waals surface area contributed by atoms with Crippen molar-refractivity contribution in [3.63, 3.8) is 0 Å². The number of fused-ring (bicyclic) bond motifs is 1. The number of nitrogens with one attached hydrogen (secondary N) is 2. The van der Waals surface area contributed by atoms with Crippen molar-refractivity contribution in [3.05, 3.63) is 40.9 Å². The number of hydrogen-bond donors (Lipinski definition) is 2. The fraction of sp³-hybridized carbons (Fsp3) is 0.500. The van der Waals surface area contributed by atoms with Gasteiger partial charge in [0.2, 0.25) is 11.7 Å². The standard InChI is InChI=1S/C26H31F3N8O3S/c1-25(2,3)37-12-15(10-31-37)22(38)30-11-20-33-21(34-40-20)19-9-17-18(13-41-24(17)36(19)14-26(27,28)29)23(39)32-16-5-7-35(4)8-6-16/h9-10,12-13,16H,5-8,11,14H2,1-4H3,(H,30,38)(H,32,39). The molecule has 1 aliphatic heterocycles. The van der Waals surface area contributed by atoms with E-state index in [0.717, 1.165) is 41.8 Å². The second-order valence-corrected chi connectivity index (χ2v) is 12.0. The molecule has 11 nitrogen and oxygen atoms in total. The van der Waals surface area contributed by atoms with Gasteiger partial charge < -0.3 is 24.6 Å². The number of hydrogen-bond acceptors (Lipinski definition) is 8. The molecule has 4 aromatic rings. The van der Waals surface area contributed by atoms with E-state index < -0.39 is 18.6 Å². The zero-order valence-electron chi connectivity index (χ0n) is 23.1. The van der Waals surface area contributed by atoms with Crippen molar-refractivity contribution < 1.29 is 27.3 Å². The summed E-state index contributed by atoms with van der Waals surface area (Å²) in [7, 11) is 2.02. The number of halogens is 3. The maximum absolute atomic E-state index is 13.6. The molecule has 0 atom stereocenters. The molecular weight excluding hydrogens is 561 g/mol. The lowest BCUT2D eigenvalue weighted by Gasteiger charge is -2.29. The van der Waals surface area contributed by atoms with Crippen molar-refractivity contribution in [2.75, 3.05) is 20.1 Å². The van der Waals surface area contributed by atoms with Crippen LogP contribution < -0.4 is 10.6 Å². The Kier molecular flexibility index (Phi) is 7.68. The van der Waals surface area contributed by atoms with Gasteiger partial charge in [-0.15, -0.1) is 11.3 Å². The second kappa shape index (κ2) is 10.9. The van der Waals surface area contributed by atoms with Crippen molar-refractivity contribution in [1.29, 1.82) is 0 Å². The molecule has 2 amide bonds. The zero-order valence-corrected chi connectivity index (χ0v) is 23.9. The summed E-state index contributed by atoms with van der Waals surface area (Å²) in [5.41, 5.74) is 0.403. The summed E-state index contributed by atoms with van der Waals surface area (Å²) in [6.45, 7) is 6.14. The summed E-state index contributed by atoms with van der Waals surface area (Å²) in [4.78, 5) is 32.3. The third-order valence-electron chi connectivity index (χ3n) is 6.89. The Balaban J connectivity index is 1.36. The Morgan fingerprint density at radius 1 is 1.17 bits per heavy atom. The van der Waals surface area contributed by atoms with Gasteiger partial charge in [-0.05, 0) is 59.8 Å². The number of carbonyl (C=O) groups excluding carboxylic acids is 2. The predicted octanol–water partition coefficient (Wildman–Crippen LogP) is 4.02. The molecule has 1 fully saturated rings. The van der Waals surface area contributed by atoms with Gasteiger partial charge in [0.1, 0.15) is 11.4 Å². The molecule has 1 saturated heterocycles. The number of thiophene rings is 1. The van der Waals surface area contributed by atoms with Crippen LogP contribution in [0.15, 0.2) is 28.4 Å². The van der Waals surface area contributed by atoms with E-state index in [1.54, 1.807) is 16.3 Å². The molecule has 0 bridgehead atoms. The van der Waals surface area contributed by atoms with Crippen LogP contribution in [0.2, 0.25) is 0 Å². The lowest BCUT2D eigenvalue weighted by atomic mass is 10.0. The first kappa shape index (κ1) is 28.8. The number of amides is 2. The molecule has 0 unspecified atom stereocenters. The second-order valence-electron chi connectivity index (χ2n) is 11.2. The smallest absolute Gasteiger partial charge is 0.349 e. The molecule has 2 N–H and O–H groups in total. The first-order valence-corrected chi connectivity index (χ1v) is 14.0. The number of nitrogens with zero attached hydrogens (tertiary/aromatic N) is 6. The van der Waals surface area contributed by atoms with E-state index in [1.165, 1.54) is 12.3 Å². The quantitative estimate of drug-likeness (QED) is 0.332. The third-order valence-corrected chi connectivity index (χ3v) is 7.91. The minimum atomic E-state index is -4.53. The van der Waals surface area contributed by atoms with Crippen LogP contribution >= 0.6 is 11.3 Å². The topological polar surface area (TPSA) is 123 Å². The molecule has 41 heavy (non-hydrogen) atoms. The SMILES string of the molecule is CN1CCC(NC(=O)c2csc3c2cc(-c2noc(CNC(=O)c4cnn(C(C)(C)C)c4)n2)n3CC(F)(F)F)CC1. The third kappa shape index (κ3) is 6.45. The van der Waals surface area contributed by atoms with Gasteiger partial charge in [0.05, 0.1) is 35.1 Å². The lowest BCUT2D eigenvalue weighted by Crippen LogP contribution is -2.43. The van der Waals surface area contributed by atoms with Crippen LogP contribution in [0.1, 0.15) is 60.2 Å². The molecule has 220 valence electrons. The average Bonchev–Trinajstić information content (AvgIpc) is 3.67. The van der Waals surface area contributed by atoms with Crippen molar-refractivity contribution in [2.24, 2.45) is 0 Å². The Morgan fingerprint density at radius 2 is 1.90 bits per heavy atom. The fourth-order valence-electron chi connectivity index (χ4n) is 4.64. The molecule has 0 spiro atoms. The monoisotopic (exact) mass is 592 g/mol. The summed E-state index contributed by atoms with van der Waals surface area (Å²) < 4.78 is 48.7. The van der Waals surface area contributed by atoms with E-state index in [9.17, 15) is 22.8 Å². The maximum Gasteiger partial charge on any atom is 0.406 e. The fourth-order valence-corrected chi connectivity index (χ4v) is 5.69. The number of aromatic nitrogens is 5. The van der Waals surface area contributed by atoms with E-state index in [1.807, 2.05) is 27.8 Å². The molecule has 0 saturated carbocycles. The van der Waals surface area contributed by atoms with Crippen LogP contribution in [-0.4, -0.2) is 73.6 Å². The largest absolute Gasteiger partial charge is 0.406 e. The van der Waals surface area contributed by atoms with Gasteiger partial charge in [-0.2, -0.15) is 23.3 Å². The van der Waals surface area contributed by atoms with Crippen molar-refractivity contribution in [3.8, 4) is 11.5 Å². The van der Waals surface area contributed by atoms with E-state index in [2.05, 4.69) is 30.8 Å². The van der Waals surface area contributed by atoms with Crippen LogP contribution in [0.25, 0.3) is 21.7 Å². The van der Waals surface area contributed by atoms with E-state index in [0.29, 0.717) is 16.5 Å². The first-order chi connectivity index (χ1) is 19.3. The molecule has 5 rings (SSSR count). The summed E-state index contributed by atoms with van der Waals surface area (Å²) >= 11 is 1.05. The van der Waals surface area contributed by atoms with Gasteiger partial charge in [-0.1, -0.05) is 5.16 Å². The summed E-state index contributed by atoms with van der Waals surface area (Å²) in [6, 6.07) is 1.48. The Hall–Kier alpha value is -3.72. The van der Waals surface area contributed by atoms with Crippen LogP contribution in [0.4, 0.5) is 13.2 Å². The minimum absolute atomic E-state index is 0.00293. The Bertz CT molecular complexity index is 1550. The van der Waals surface area contributed by atoms with Gasteiger partial charge in [0.15, 0.2) is 0 Å². The van der Waals surface area contributed by atoms with E-state index in [-0.39, 0.29) is 46.3 Å². The Labute approximate surface area is 237 Å². The highest BCUT2D eigenvalue weighted by molar-refractivity contribution is 7.17. The van der Waals surface area contributed by atoms with Gasteiger partial charge in [0, 0.05) is 23.0 Å². The van der Waals surface area contributed by atoms with E-state index in [4.69, 9.17) is 4.52 Å². The number of piperidine rings is 1. The number of likely N-dealkylation sites (tertiary alicyclic amines) is 1. The lowest BCUT2D eigenvalue weighted by molar-refractivity contribution is -0.139. The van der Waals surface area contributed by atoms with Gasteiger partial charge >= 0.3 is 6.18 Å². The molecule has 1 aliphatic rings. The average molecular weight is 593 g/mol. The summed E-state index contributed by atoms with van der Waals surface area (Å²) in [5.74, 6) is -0.807. The number of rotatable bonds is 7. The summed E-state index contributed by atoms with van der Waals surface area (Å²) in [6.07, 6.45) is 0.135. The molecule has 15 heteroatoms. The van der Waals surface area contributed by atoms with Crippen molar-refractivity contribution in [1.82, 2.24) is 40.0 Å². The first-order valence-electron chi connectivity index (χ1n) is 13.1. The van der Waals surface area contributed by atoms with Crippen LogP contribution in [-0.2, 0) is 18.6 Å². The molecule has 0 radical (unpaired) electrons. The van der Waals surface area contributed by atoms with Gasteiger partial charge in [-0.25, -0.2) is 0 Å². The summed E-state index contributed by atoms with van der Waals surface area (Å²) in [5, 5.41) is 15.7. The minimum Gasteiger partial charge on any atom is -0.349 e. The van der Waals surface area contributed by atoms with Gasteiger partial charge in [-0.3, -0.25) is 14.3 Å². The highest BCUT2D eigenvalue weighted by Crippen LogP contribution is 2.36. The zero-order chi connectivity index (χ0) is 29.5. The molecule has 5 heterocycles. The van der Waals surface area contributed by atoms with Crippen LogP contribution in [0, 0.1) is 0 Å². The van der Waals surface area contributed by atoms with Crippen molar-refractivity contribution >= 4 is 33.4 Å². The van der Waals surface area contributed by atoms with E-state index >= 15 is 0 Å². The highest BCUT2D eigenvalue weighted by atomic mass is 32.1. The van der Waals surface area contributed by atoms with Gasteiger partial charge in [0.25, 0.3) is 11.8 Å². The van der Waals surface area contributed by atoms with Crippen LogP contribution in [0.3, 0.4) is 0 Å². The molecule has 0 aromatic carbocycles. The predicted molar refractivity (Wildman–Crippen MR) is 146 cm³/mol. The normalized spacial score (nSPS) is 15.5. The number of alkyl halides is 3. The molecule has 0 aliphatic carbocycles. The Morgan fingerprint density at radius 3 is 2.56 bits per heavy atom.